The van der Waals surface area contributed by atoms with E-state index >= 15 is 0 Å². The third kappa shape index (κ3) is 5.50. The van der Waals surface area contributed by atoms with Crippen LogP contribution in [0.15, 0.2) is 54.6 Å². The van der Waals surface area contributed by atoms with Crippen LogP contribution >= 0.6 is 0 Å². The van der Waals surface area contributed by atoms with E-state index in [1.54, 1.807) is 4.90 Å². The van der Waals surface area contributed by atoms with Gasteiger partial charge in [-0.25, -0.2) is 4.39 Å². The molecule has 0 radical (unpaired) electrons. The maximum atomic E-state index is 13.5. The van der Waals surface area contributed by atoms with Crippen molar-refractivity contribution in [2.75, 3.05) is 26.2 Å². The molecule has 2 aliphatic heterocycles. The third-order valence-electron chi connectivity index (χ3n) is 6.12. The summed E-state index contributed by atoms with van der Waals surface area (Å²) in [5, 5.41) is 0. The minimum Gasteiger partial charge on any atom is -0.376 e. The number of hydrogen-bond donors (Lipinski definition) is 0. The second kappa shape index (κ2) is 10.1. The molecule has 2 atom stereocenters. The summed E-state index contributed by atoms with van der Waals surface area (Å²) in [4.78, 5) is 30.0. The van der Waals surface area contributed by atoms with Crippen LogP contribution in [-0.2, 0) is 16.1 Å². The molecule has 2 heterocycles. The molecular formula is C25H29FN2O3. The van der Waals surface area contributed by atoms with Gasteiger partial charge in [-0.3, -0.25) is 9.59 Å². The highest BCUT2D eigenvalue weighted by Crippen LogP contribution is 2.23. The quantitative estimate of drug-likeness (QED) is 0.707. The minimum atomic E-state index is -0.367. The lowest BCUT2D eigenvalue weighted by atomic mass is 9.95. The SMILES string of the molecule is O=C(c1ccc(F)cc1)N1CCCC(C(=O)N(Cc2ccccc2)CC2CCCO2)C1. The Labute approximate surface area is 182 Å². The number of carbonyl (C=O) groups is 2. The number of piperidine rings is 1. The van der Waals surface area contributed by atoms with Crippen LogP contribution < -0.4 is 0 Å². The molecule has 4 rings (SSSR count). The van der Waals surface area contributed by atoms with Gasteiger partial charge in [0.05, 0.1) is 12.0 Å². The lowest BCUT2D eigenvalue weighted by Gasteiger charge is -2.36. The maximum Gasteiger partial charge on any atom is 0.253 e. The molecular weight excluding hydrogens is 395 g/mol. The van der Waals surface area contributed by atoms with E-state index in [4.69, 9.17) is 4.74 Å². The minimum absolute atomic E-state index is 0.0770. The molecule has 0 saturated carbocycles. The van der Waals surface area contributed by atoms with Gasteiger partial charge in [-0.2, -0.15) is 0 Å². The van der Waals surface area contributed by atoms with Gasteiger partial charge in [-0.1, -0.05) is 30.3 Å². The van der Waals surface area contributed by atoms with Crippen molar-refractivity contribution in [2.45, 2.75) is 38.3 Å². The zero-order valence-corrected chi connectivity index (χ0v) is 17.7. The van der Waals surface area contributed by atoms with E-state index in [0.717, 1.165) is 37.9 Å². The van der Waals surface area contributed by atoms with Gasteiger partial charge in [0.2, 0.25) is 5.91 Å². The van der Waals surface area contributed by atoms with Gasteiger partial charge < -0.3 is 14.5 Å². The summed E-state index contributed by atoms with van der Waals surface area (Å²) >= 11 is 0. The van der Waals surface area contributed by atoms with Crippen LogP contribution in [0.1, 0.15) is 41.6 Å². The summed E-state index contributed by atoms with van der Waals surface area (Å²) in [6.45, 7) is 2.88. The first kappa shape index (κ1) is 21.5. The number of ether oxygens (including phenoxy) is 1. The van der Waals surface area contributed by atoms with E-state index in [1.165, 1.54) is 24.3 Å². The zero-order chi connectivity index (χ0) is 21.6. The van der Waals surface area contributed by atoms with Gasteiger partial charge in [0.15, 0.2) is 0 Å². The molecule has 0 bridgehead atoms. The number of nitrogens with zero attached hydrogens (tertiary/aromatic N) is 2. The Bertz CT molecular complexity index is 881. The Hall–Kier alpha value is -2.73. The zero-order valence-electron chi connectivity index (χ0n) is 17.7. The van der Waals surface area contributed by atoms with Crippen molar-refractivity contribution >= 4 is 11.8 Å². The van der Waals surface area contributed by atoms with E-state index in [2.05, 4.69) is 0 Å². The van der Waals surface area contributed by atoms with Crippen molar-refractivity contribution in [1.29, 1.82) is 0 Å². The smallest absolute Gasteiger partial charge is 0.253 e. The Morgan fingerprint density at radius 2 is 1.81 bits per heavy atom. The molecule has 2 aromatic carbocycles. The molecule has 2 saturated heterocycles. The number of carbonyl (C=O) groups excluding carboxylic acids is 2. The van der Waals surface area contributed by atoms with Crippen molar-refractivity contribution in [3.63, 3.8) is 0 Å². The van der Waals surface area contributed by atoms with Crippen LogP contribution in [0.3, 0.4) is 0 Å². The van der Waals surface area contributed by atoms with Crippen LogP contribution in [0, 0.1) is 11.7 Å². The van der Waals surface area contributed by atoms with Crippen LogP contribution in [0.2, 0.25) is 0 Å². The summed E-state index contributed by atoms with van der Waals surface area (Å²) in [6, 6.07) is 15.6. The summed E-state index contributed by atoms with van der Waals surface area (Å²) in [5.74, 6) is -0.667. The largest absolute Gasteiger partial charge is 0.376 e. The Kier molecular flexibility index (Phi) is 6.97. The molecule has 0 N–H and O–H groups in total. The van der Waals surface area contributed by atoms with Crippen LogP contribution in [-0.4, -0.2) is 54.0 Å². The highest BCUT2D eigenvalue weighted by molar-refractivity contribution is 5.94. The Balaban J connectivity index is 1.45. The maximum absolute atomic E-state index is 13.5. The lowest BCUT2D eigenvalue weighted by Crippen LogP contribution is -2.48. The predicted octanol–water partition coefficient (Wildman–Crippen LogP) is 3.89. The molecule has 2 fully saturated rings. The first-order valence-electron chi connectivity index (χ1n) is 11.1. The number of rotatable bonds is 6. The second-order valence-electron chi connectivity index (χ2n) is 8.44. The third-order valence-corrected chi connectivity index (χ3v) is 6.12. The average molecular weight is 425 g/mol. The number of benzene rings is 2. The van der Waals surface area contributed by atoms with Gasteiger partial charge >= 0.3 is 0 Å². The van der Waals surface area contributed by atoms with Gasteiger partial charge in [-0.05, 0) is 55.5 Å². The van der Waals surface area contributed by atoms with Crippen molar-refractivity contribution < 1.29 is 18.7 Å². The summed E-state index contributed by atoms with van der Waals surface area (Å²) in [5.41, 5.74) is 1.54. The number of likely N-dealkylation sites (tertiary alicyclic amines) is 1. The van der Waals surface area contributed by atoms with Gasteiger partial charge in [0, 0.05) is 38.3 Å². The Morgan fingerprint density at radius 1 is 1.03 bits per heavy atom. The summed E-state index contributed by atoms with van der Waals surface area (Å²) in [6.07, 6.45) is 3.62. The molecule has 2 unspecified atom stereocenters. The molecule has 164 valence electrons. The van der Waals surface area contributed by atoms with E-state index in [1.807, 2.05) is 35.2 Å². The molecule has 0 aliphatic carbocycles. The molecule has 0 spiro atoms. The van der Waals surface area contributed by atoms with Crippen LogP contribution in [0.25, 0.3) is 0 Å². The van der Waals surface area contributed by atoms with Crippen molar-refractivity contribution in [3.8, 4) is 0 Å². The molecule has 0 aromatic heterocycles. The van der Waals surface area contributed by atoms with E-state index in [9.17, 15) is 14.0 Å². The lowest BCUT2D eigenvalue weighted by molar-refractivity contribution is -0.139. The fourth-order valence-electron chi connectivity index (χ4n) is 4.47. The average Bonchev–Trinajstić information content (AvgIpc) is 3.32. The summed E-state index contributed by atoms with van der Waals surface area (Å²) < 4.78 is 19.0. The predicted molar refractivity (Wildman–Crippen MR) is 116 cm³/mol. The van der Waals surface area contributed by atoms with Crippen molar-refractivity contribution in [1.82, 2.24) is 9.80 Å². The topological polar surface area (TPSA) is 49.9 Å². The van der Waals surface area contributed by atoms with Crippen molar-refractivity contribution in [3.05, 3.63) is 71.5 Å². The number of amides is 2. The highest BCUT2D eigenvalue weighted by Gasteiger charge is 2.33. The Morgan fingerprint density at radius 3 is 2.52 bits per heavy atom. The van der Waals surface area contributed by atoms with Crippen LogP contribution in [0.5, 0.6) is 0 Å². The first-order chi connectivity index (χ1) is 15.1. The standard InChI is InChI=1S/C25H29FN2O3/c26-22-12-10-20(11-13-22)24(29)27-14-4-8-21(17-27)25(30)28(18-23-9-5-15-31-23)16-19-6-2-1-3-7-19/h1-3,6-7,10-13,21,23H,4-5,8-9,14-18H2. The fourth-order valence-corrected chi connectivity index (χ4v) is 4.47. The molecule has 5 nitrogen and oxygen atoms in total. The number of hydrogen-bond acceptors (Lipinski definition) is 3. The second-order valence-corrected chi connectivity index (χ2v) is 8.44. The van der Waals surface area contributed by atoms with E-state index in [0.29, 0.717) is 31.7 Å². The fraction of sp³-hybridized carbons (Fsp3) is 0.440. The molecule has 2 aromatic rings. The molecule has 2 amide bonds. The number of halogens is 1. The monoisotopic (exact) mass is 424 g/mol. The molecule has 31 heavy (non-hydrogen) atoms. The van der Waals surface area contributed by atoms with Gasteiger partial charge in [-0.15, -0.1) is 0 Å². The first-order valence-corrected chi connectivity index (χ1v) is 11.1. The van der Waals surface area contributed by atoms with Crippen molar-refractivity contribution in [2.24, 2.45) is 5.92 Å². The van der Waals surface area contributed by atoms with Gasteiger partial charge in [0.1, 0.15) is 5.82 Å². The van der Waals surface area contributed by atoms with E-state index < -0.39 is 0 Å². The molecule has 6 heteroatoms. The molecule has 2 aliphatic rings. The van der Waals surface area contributed by atoms with E-state index in [-0.39, 0.29) is 29.7 Å². The summed E-state index contributed by atoms with van der Waals surface area (Å²) in [7, 11) is 0. The van der Waals surface area contributed by atoms with Gasteiger partial charge in [0.25, 0.3) is 5.91 Å². The highest BCUT2D eigenvalue weighted by atomic mass is 19.1. The van der Waals surface area contributed by atoms with Crippen LogP contribution in [0.4, 0.5) is 4.39 Å². The normalized spacial score (nSPS) is 21.1.